The second-order valence-corrected chi connectivity index (χ2v) is 9.18. The topological polar surface area (TPSA) is 59.9 Å². The molecule has 1 aromatic carbocycles. The summed E-state index contributed by atoms with van der Waals surface area (Å²) in [6, 6.07) is 11.7. The van der Waals surface area contributed by atoms with Gasteiger partial charge in [-0.15, -0.1) is 0 Å². The highest BCUT2D eigenvalue weighted by atomic mass is 19.4. The van der Waals surface area contributed by atoms with Crippen LogP contribution >= 0.6 is 0 Å². The van der Waals surface area contributed by atoms with Crippen LogP contribution in [-0.4, -0.2) is 71.2 Å². The average molecular weight is 477 g/mol. The smallest absolute Gasteiger partial charge is 0.416 e. The minimum Gasteiger partial charge on any atom is -0.481 e. The number of nitrogens with zero attached hydrogens (tertiary/aromatic N) is 4. The summed E-state index contributed by atoms with van der Waals surface area (Å²) in [5.41, 5.74) is 0.983. The number of carbonyl (C=O) groups is 1. The number of rotatable bonds is 7. The summed E-state index contributed by atoms with van der Waals surface area (Å²) >= 11 is 0. The number of pyridine rings is 1. The van der Waals surface area contributed by atoms with Crippen LogP contribution in [0.25, 0.3) is 0 Å². The van der Waals surface area contributed by atoms with Crippen molar-refractivity contribution in [3.05, 3.63) is 59.9 Å². The third kappa shape index (κ3) is 6.27. The number of carboxylic acids is 1. The van der Waals surface area contributed by atoms with Gasteiger partial charge in [-0.2, -0.15) is 13.2 Å². The number of alkyl halides is 3. The van der Waals surface area contributed by atoms with Gasteiger partial charge in [0.15, 0.2) is 0 Å². The molecule has 0 amide bonds. The van der Waals surface area contributed by atoms with E-state index in [2.05, 4.69) is 14.8 Å². The van der Waals surface area contributed by atoms with Crippen LogP contribution < -0.4 is 4.90 Å². The lowest BCUT2D eigenvalue weighted by Crippen LogP contribution is -2.56. The van der Waals surface area contributed by atoms with Gasteiger partial charge in [-0.3, -0.25) is 19.6 Å². The molecule has 3 heterocycles. The van der Waals surface area contributed by atoms with Gasteiger partial charge in [-0.25, -0.2) is 0 Å². The molecule has 34 heavy (non-hydrogen) atoms. The molecule has 6 nitrogen and oxygen atoms in total. The first-order valence-corrected chi connectivity index (χ1v) is 11.8. The molecule has 0 saturated carbocycles. The molecule has 4 rings (SSSR count). The molecule has 0 spiro atoms. The van der Waals surface area contributed by atoms with Crippen molar-refractivity contribution >= 4 is 11.7 Å². The summed E-state index contributed by atoms with van der Waals surface area (Å²) in [6.07, 6.45) is -0.859. The summed E-state index contributed by atoms with van der Waals surface area (Å²) in [5.74, 6) is -0.552. The monoisotopic (exact) mass is 476 g/mol. The van der Waals surface area contributed by atoms with E-state index in [1.165, 1.54) is 12.1 Å². The van der Waals surface area contributed by atoms with Gasteiger partial charge in [-0.1, -0.05) is 12.1 Å². The lowest BCUT2D eigenvalue weighted by molar-refractivity contribution is -0.138. The fourth-order valence-corrected chi connectivity index (χ4v) is 5.22. The number of aliphatic carboxylic acids is 1. The predicted molar refractivity (Wildman–Crippen MR) is 124 cm³/mol. The van der Waals surface area contributed by atoms with Crippen LogP contribution in [0.1, 0.15) is 30.5 Å². The summed E-state index contributed by atoms with van der Waals surface area (Å²) in [5, 5.41) is 9.26. The number of piperidine rings is 1. The maximum atomic E-state index is 13.1. The predicted octanol–water partition coefficient (Wildman–Crippen LogP) is 3.98. The zero-order chi connectivity index (χ0) is 24.1. The average Bonchev–Trinajstić information content (AvgIpc) is 2.83. The number of benzene rings is 1. The third-order valence-electron chi connectivity index (χ3n) is 6.94. The van der Waals surface area contributed by atoms with Gasteiger partial charge in [0.2, 0.25) is 0 Å². The number of anilines is 1. The summed E-state index contributed by atoms with van der Waals surface area (Å²) in [7, 11) is 0. The first-order valence-electron chi connectivity index (χ1n) is 11.8. The minimum atomic E-state index is -4.35. The summed E-state index contributed by atoms with van der Waals surface area (Å²) in [6.45, 7) is 5.30. The van der Waals surface area contributed by atoms with Crippen molar-refractivity contribution in [3.63, 3.8) is 0 Å². The fourth-order valence-electron chi connectivity index (χ4n) is 5.22. The normalized spacial score (nSPS) is 22.6. The molecule has 9 heteroatoms. The summed E-state index contributed by atoms with van der Waals surface area (Å²) in [4.78, 5) is 22.5. The number of aromatic nitrogens is 1. The van der Waals surface area contributed by atoms with E-state index in [1.807, 2.05) is 23.1 Å². The Hall–Kier alpha value is -2.65. The fraction of sp³-hybridized carbons (Fsp3) is 0.520. The Bertz CT molecular complexity index is 949. The van der Waals surface area contributed by atoms with Crippen LogP contribution in [0, 0.1) is 5.92 Å². The van der Waals surface area contributed by atoms with Crippen LogP contribution in [0.15, 0.2) is 48.7 Å². The van der Waals surface area contributed by atoms with Crippen LogP contribution in [-0.2, 0) is 17.5 Å². The molecule has 2 aromatic rings. The van der Waals surface area contributed by atoms with Crippen molar-refractivity contribution < 1.29 is 23.1 Å². The number of likely N-dealkylation sites (tertiary alicyclic amines) is 1. The van der Waals surface area contributed by atoms with E-state index in [-0.39, 0.29) is 18.4 Å². The van der Waals surface area contributed by atoms with Gasteiger partial charge in [0.1, 0.15) is 0 Å². The molecule has 0 unspecified atom stereocenters. The van der Waals surface area contributed by atoms with Crippen molar-refractivity contribution in [2.75, 3.05) is 44.2 Å². The van der Waals surface area contributed by atoms with Gasteiger partial charge in [0.05, 0.1) is 11.3 Å². The number of carboxylic acid groups (broad SMARTS) is 1. The molecule has 184 valence electrons. The van der Waals surface area contributed by atoms with Crippen LogP contribution in [0.5, 0.6) is 0 Å². The van der Waals surface area contributed by atoms with E-state index in [0.717, 1.165) is 50.9 Å². The number of hydrogen-bond acceptors (Lipinski definition) is 5. The Morgan fingerprint density at radius 2 is 1.85 bits per heavy atom. The van der Waals surface area contributed by atoms with E-state index >= 15 is 0 Å². The second-order valence-electron chi connectivity index (χ2n) is 9.18. The van der Waals surface area contributed by atoms with Crippen LogP contribution in [0.3, 0.4) is 0 Å². The first-order chi connectivity index (χ1) is 16.3. The van der Waals surface area contributed by atoms with E-state index in [9.17, 15) is 23.1 Å². The molecule has 2 aliphatic heterocycles. The maximum Gasteiger partial charge on any atom is 0.416 e. The van der Waals surface area contributed by atoms with E-state index < -0.39 is 17.7 Å². The van der Waals surface area contributed by atoms with Crippen molar-refractivity contribution in [2.45, 2.75) is 38.0 Å². The standard InChI is InChI=1S/C25H31F3N4O2/c26-25(27,28)20-4-3-6-22(16-20)31-12-14-32(15-13-31)23-9-11-30(17-19(23)7-8-24(33)34)18-21-5-1-2-10-29-21/h1-6,10,16,19,23H,7-9,11-15,17-18H2,(H,33,34)/t19-,23+/m1/s1. The molecule has 2 saturated heterocycles. The van der Waals surface area contributed by atoms with E-state index in [1.54, 1.807) is 12.3 Å². The van der Waals surface area contributed by atoms with Gasteiger partial charge in [0.25, 0.3) is 0 Å². The third-order valence-corrected chi connectivity index (χ3v) is 6.94. The molecule has 0 bridgehead atoms. The van der Waals surface area contributed by atoms with Gasteiger partial charge >= 0.3 is 12.1 Å². The quantitative estimate of drug-likeness (QED) is 0.653. The molecular weight excluding hydrogens is 445 g/mol. The Morgan fingerprint density at radius 3 is 2.53 bits per heavy atom. The highest BCUT2D eigenvalue weighted by Gasteiger charge is 2.35. The van der Waals surface area contributed by atoms with Gasteiger partial charge in [-0.05, 0) is 49.1 Å². The first kappa shape index (κ1) is 24.5. The lowest BCUT2D eigenvalue weighted by Gasteiger charge is -2.47. The van der Waals surface area contributed by atoms with Crippen LogP contribution in [0.4, 0.5) is 18.9 Å². The van der Waals surface area contributed by atoms with Gasteiger partial charge < -0.3 is 10.0 Å². The van der Waals surface area contributed by atoms with Gasteiger partial charge in [0, 0.05) is 70.2 Å². The Labute approximate surface area is 198 Å². The van der Waals surface area contributed by atoms with Crippen molar-refractivity contribution in [3.8, 4) is 0 Å². The molecule has 2 aliphatic rings. The largest absolute Gasteiger partial charge is 0.481 e. The molecule has 2 atom stereocenters. The summed E-state index contributed by atoms with van der Waals surface area (Å²) < 4.78 is 39.3. The van der Waals surface area contributed by atoms with Crippen molar-refractivity contribution in [2.24, 2.45) is 5.92 Å². The van der Waals surface area contributed by atoms with Crippen LogP contribution in [0.2, 0.25) is 0 Å². The molecule has 1 N–H and O–H groups in total. The highest BCUT2D eigenvalue weighted by Crippen LogP contribution is 2.33. The van der Waals surface area contributed by atoms with Crippen molar-refractivity contribution in [1.29, 1.82) is 0 Å². The number of piperazine rings is 1. The lowest BCUT2D eigenvalue weighted by atomic mass is 9.86. The van der Waals surface area contributed by atoms with Crippen molar-refractivity contribution in [1.82, 2.24) is 14.8 Å². The maximum absolute atomic E-state index is 13.1. The minimum absolute atomic E-state index is 0.142. The molecule has 2 fully saturated rings. The Kier molecular flexibility index (Phi) is 7.73. The second kappa shape index (κ2) is 10.7. The zero-order valence-electron chi connectivity index (χ0n) is 19.1. The van der Waals surface area contributed by atoms with E-state index in [0.29, 0.717) is 25.2 Å². The number of halogens is 3. The zero-order valence-corrected chi connectivity index (χ0v) is 19.1. The Morgan fingerprint density at radius 1 is 1.06 bits per heavy atom. The molecular formula is C25H31F3N4O2. The number of hydrogen-bond donors (Lipinski definition) is 1. The van der Waals surface area contributed by atoms with E-state index in [4.69, 9.17) is 0 Å². The highest BCUT2D eigenvalue weighted by molar-refractivity contribution is 5.66. The molecule has 1 aromatic heterocycles. The molecule has 0 aliphatic carbocycles. The molecule has 0 radical (unpaired) electrons. The SMILES string of the molecule is O=C(O)CC[C@@H]1CN(Cc2ccccn2)CC[C@@H]1N1CCN(c2cccc(C(F)(F)F)c2)CC1. The Balaban J connectivity index is 1.38.